The van der Waals surface area contributed by atoms with E-state index in [1.54, 1.807) is 0 Å². The molecule has 0 radical (unpaired) electrons. The Morgan fingerprint density at radius 2 is 1.95 bits per heavy atom. The van der Waals surface area contributed by atoms with E-state index in [0.29, 0.717) is 6.04 Å². The van der Waals surface area contributed by atoms with Crippen LogP contribution in [0.1, 0.15) is 45.2 Å². The maximum absolute atomic E-state index is 3.49. The molecule has 1 aromatic rings. The monoisotopic (exact) mass is 274 g/mol. The van der Waals surface area contributed by atoms with E-state index >= 15 is 0 Å². The zero-order valence-corrected chi connectivity index (χ0v) is 13.5. The molecule has 1 aliphatic heterocycles. The lowest BCUT2D eigenvalue weighted by molar-refractivity contribution is 0.297. The quantitative estimate of drug-likeness (QED) is 0.851. The van der Waals surface area contributed by atoms with Gasteiger partial charge < -0.3 is 5.32 Å². The van der Waals surface area contributed by atoms with Crippen LogP contribution < -0.4 is 5.32 Å². The minimum atomic E-state index is 0.545. The van der Waals surface area contributed by atoms with Crippen molar-refractivity contribution in [2.45, 2.75) is 53.2 Å². The molecule has 0 saturated carbocycles. The largest absolute Gasteiger partial charge is 0.310 e. The molecule has 1 atom stereocenters. The van der Waals surface area contributed by atoms with Gasteiger partial charge in [0.25, 0.3) is 0 Å². The average Bonchev–Trinajstić information content (AvgIpc) is 2.85. The van der Waals surface area contributed by atoms with Gasteiger partial charge in [0.2, 0.25) is 0 Å². The fourth-order valence-electron chi connectivity index (χ4n) is 2.97. The first kappa shape index (κ1) is 15.5. The SMILES string of the molecule is CC(C)NCc1cccc(CN2CCC(C(C)C)C2)c1. The second kappa shape index (κ2) is 7.24. The van der Waals surface area contributed by atoms with E-state index in [1.807, 2.05) is 0 Å². The van der Waals surface area contributed by atoms with Gasteiger partial charge in [-0.3, -0.25) is 4.90 Å². The highest BCUT2D eigenvalue weighted by molar-refractivity contribution is 5.23. The van der Waals surface area contributed by atoms with E-state index < -0.39 is 0 Å². The van der Waals surface area contributed by atoms with Crippen molar-refractivity contribution >= 4 is 0 Å². The molecular formula is C18H30N2. The van der Waals surface area contributed by atoms with Crippen molar-refractivity contribution in [2.75, 3.05) is 13.1 Å². The first-order valence-electron chi connectivity index (χ1n) is 8.08. The van der Waals surface area contributed by atoms with Crippen LogP contribution in [-0.2, 0) is 13.1 Å². The molecule has 1 fully saturated rings. The van der Waals surface area contributed by atoms with Crippen molar-refractivity contribution in [3.63, 3.8) is 0 Å². The topological polar surface area (TPSA) is 15.3 Å². The number of rotatable bonds is 6. The molecule has 0 bridgehead atoms. The molecular weight excluding hydrogens is 244 g/mol. The Kier molecular flexibility index (Phi) is 5.62. The van der Waals surface area contributed by atoms with Gasteiger partial charge in [-0.25, -0.2) is 0 Å². The number of hydrogen-bond donors (Lipinski definition) is 1. The molecule has 112 valence electrons. The zero-order chi connectivity index (χ0) is 14.5. The first-order valence-corrected chi connectivity index (χ1v) is 8.08. The Labute approximate surface area is 124 Å². The number of nitrogens with one attached hydrogen (secondary N) is 1. The third-order valence-electron chi connectivity index (χ3n) is 4.36. The summed E-state index contributed by atoms with van der Waals surface area (Å²) in [6.07, 6.45) is 1.37. The van der Waals surface area contributed by atoms with E-state index in [-0.39, 0.29) is 0 Å². The number of benzene rings is 1. The van der Waals surface area contributed by atoms with Gasteiger partial charge in [-0.1, -0.05) is 52.0 Å². The van der Waals surface area contributed by atoms with E-state index in [9.17, 15) is 0 Å². The van der Waals surface area contributed by atoms with E-state index in [4.69, 9.17) is 0 Å². The second-order valence-electron chi connectivity index (χ2n) is 6.88. The maximum Gasteiger partial charge on any atom is 0.0233 e. The smallest absolute Gasteiger partial charge is 0.0233 e. The van der Waals surface area contributed by atoms with Crippen LogP contribution in [0.3, 0.4) is 0 Å². The van der Waals surface area contributed by atoms with Gasteiger partial charge in [0.15, 0.2) is 0 Å². The second-order valence-corrected chi connectivity index (χ2v) is 6.88. The molecule has 2 heteroatoms. The number of nitrogens with zero attached hydrogens (tertiary/aromatic N) is 1. The fourth-order valence-corrected chi connectivity index (χ4v) is 2.97. The highest BCUT2D eigenvalue weighted by atomic mass is 15.1. The lowest BCUT2D eigenvalue weighted by Gasteiger charge is -2.18. The van der Waals surface area contributed by atoms with Crippen molar-refractivity contribution in [1.82, 2.24) is 10.2 Å². The molecule has 20 heavy (non-hydrogen) atoms. The molecule has 1 saturated heterocycles. The molecule has 1 unspecified atom stereocenters. The van der Waals surface area contributed by atoms with Gasteiger partial charge in [0.1, 0.15) is 0 Å². The normalized spacial score (nSPS) is 20.2. The highest BCUT2D eigenvalue weighted by Gasteiger charge is 2.24. The predicted octanol–water partition coefficient (Wildman–Crippen LogP) is 3.66. The highest BCUT2D eigenvalue weighted by Crippen LogP contribution is 2.24. The molecule has 2 nitrogen and oxygen atoms in total. The average molecular weight is 274 g/mol. The molecule has 2 rings (SSSR count). The summed E-state index contributed by atoms with van der Waals surface area (Å²) in [5.74, 6) is 1.71. The van der Waals surface area contributed by atoms with Crippen molar-refractivity contribution in [1.29, 1.82) is 0 Å². The van der Waals surface area contributed by atoms with Crippen LogP contribution in [0.15, 0.2) is 24.3 Å². The van der Waals surface area contributed by atoms with Crippen LogP contribution in [0.2, 0.25) is 0 Å². The molecule has 1 N–H and O–H groups in total. The summed E-state index contributed by atoms with van der Waals surface area (Å²) in [4.78, 5) is 2.61. The Morgan fingerprint density at radius 1 is 1.20 bits per heavy atom. The van der Waals surface area contributed by atoms with Crippen LogP contribution >= 0.6 is 0 Å². The summed E-state index contributed by atoms with van der Waals surface area (Å²) in [5, 5.41) is 3.49. The molecule has 1 heterocycles. The third kappa shape index (κ3) is 4.60. The lowest BCUT2D eigenvalue weighted by Crippen LogP contribution is -2.23. The Balaban J connectivity index is 1.88. The van der Waals surface area contributed by atoms with Crippen molar-refractivity contribution in [3.8, 4) is 0 Å². The van der Waals surface area contributed by atoms with Gasteiger partial charge in [-0.05, 0) is 35.9 Å². The van der Waals surface area contributed by atoms with Crippen molar-refractivity contribution in [3.05, 3.63) is 35.4 Å². The maximum atomic E-state index is 3.49. The molecule has 0 amide bonds. The van der Waals surface area contributed by atoms with Crippen LogP contribution in [0.5, 0.6) is 0 Å². The van der Waals surface area contributed by atoms with Gasteiger partial charge in [-0.2, -0.15) is 0 Å². The molecule has 1 aliphatic rings. The van der Waals surface area contributed by atoms with E-state index in [1.165, 1.54) is 30.6 Å². The number of hydrogen-bond acceptors (Lipinski definition) is 2. The summed E-state index contributed by atoms with van der Waals surface area (Å²) in [5.41, 5.74) is 2.85. The Morgan fingerprint density at radius 3 is 2.60 bits per heavy atom. The van der Waals surface area contributed by atoms with E-state index in [2.05, 4.69) is 62.2 Å². The van der Waals surface area contributed by atoms with Crippen LogP contribution in [0.4, 0.5) is 0 Å². The summed E-state index contributed by atoms with van der Waals surface area (Å²) in [7, 11) is 0. The van der Waals surface area contributed by atoms with Crippen LogP contribution in [0, 0.1) is 11.8 Å². The molecule has 0 spiro atoms. The molecule has 0 aromatic heterocycles. The minimum absolute atomic E-state index is 0.545. The molecule has 1 aromatic carbocycles. The van der Waals surface area contributed by atoms with Crippen molar-refractivity contribution in [2.24, 2.45) is 11.8 Å². The third-order valence-corrected chi connectivity index (χ3v) is 4.36. The summed E-state index contributed by atoms with van der Waals surface area (Å²) in [6, 6.07) is 9.59. The van der Waals surface area contributed by atoms with Crippen LogP contribution in [0.25, 0.3) is 0 Å². The minimum Gasteiger partial charge on any atom is -0.310 e. The number of likely N-dealkylation sites (tertiary alicyclic amines) is 1. The summed E-state index contributed by atoms with van der Waals surface area (Å²) in [6.45, 7) is 13.7. The molecule has 0 aliphatic carbocycles. The first-order chi connectivity index (χ1) is 9.54. The van der Waals surface area contributed by atoms with Crippen LogP contribution in [-0.4, -0.2) is 24.0 Å². The van der Waals surface area contributed by atoms with Gasteiger partial charge >= 0.3 is 0 Å². The predicted molar refractivity (Wildman–Crippen MR) is 86.6 cm³/mol. The summed E-state index contributed by atoms with van der Waals surface area (Å²) >= 11 is 0. The standard InChI is InChI=1S/C18H30N2/c1-14(2)18-8-9-20(13-18)12-17-7-5-6-16(10-17)11-19-15(3)4/h5-7,10,14-15,18-19H,8-9,11-13H2,1-4H3. The van der Waals surface area contributed by atoms with Gasteiger partial charge in [0, 0.05) is 25.7 Å². The van der Waals surface area contributed by atoms with E-state index in [0.717, 1.165) is 24.9 Å². The Bertz CT molecular complexity index is 412. The fraction of sp³-hybridized carbons (Fsp3) is 0.667. The van der Waals surface area contributed by atoms with Gasteiger partial charge in [0.05, 0.1) is 0 Å². The lowest BCUT2D eigenvalue weighted by atomic mass is 9.95. The van der Waals surface area contributed by atoms with Gasteiger partial charge in [-0.15, -0.1) is 0 Å². The van der Waals surface area contributed by atoms with Crippen molar-refractivity contribution < 1.29 is 0 Å². The summed E-state index contributed by atoms with van der Waals surface area (Å²) < 4.78 is 0. The Hall–Kier alpha value is -0.860. The zero-order valence-electron chi connectivity index (χ0n) is 13.5.